The largest absolute Gasteiger partial charge is 0.321 e. The second kappa shape index (κ2) is 16.4. The molecule has 0 fully saturated rings. The maximum Gasteiger partial charge on any atom is 0.272 e. The van der Waals surface area contributed by atoms with Crippen LogP contribution in [0, 0.1) is 17.2 Å². The molecule has 7 nitrogen and oxygen atoms in total. The maximum absolute atomic E-state index is 14.0. The van der Waals surface area contributed by atoms with Gasteiger partial charge in [0.05, 0.1) is 5.56 Å². The minimum absolute atomic E-state index is 0.0696. The lowest BCUT2D eigenvalue weighted by atomic mass is 9.88. The van der Waals surface area contributed by atoms with Crippen molar-refractivity contribution in [2.24, 2.45) is 5.92 Å². The summed E-state index contributed by atoms with van der Waals surface area (Å²) in [7, 11) is 0. The zero-order chi connectivity index (χ0) is 35.9. The molecule has 0 bridgehead atoms. The molecule has 0 spiro atoms. The molecular weight excluding hydrogens is 720 g/mol. The first-order chi connectivity index (χ1) is 24.7. The van der Waals surface area contributed by atoms with Gasteiger partial charge in [0.15, 0.2) is 0 Å². The van der Waals surface area contributed by atoms with E-state index in [2.05, 4.69) is 28.9 Å². The highest BCUT2D eigenvalue weighted by Gasteiger charge is 2.28. The first kappa shape index (κ1) is 36.0. The van der Waals surface area contributed by atoms with E-state index in [1.54, 1.807) is 66.7 Å². The van der Waals surface area contributed by atoms with Crippen LogP contribution >= 0.6 is 46.3 Å². The van der Waals surface area contributed by atoms with E-state index >= 15 is 0 Å². The fourth-order valence-electron chi connectivity index (χ4n) is 5.75. The van der Waals surface area contributed by atoms with Crippen LogP contribution in [0.4, 0.5) is 10.7 Å². The molecule has 2 atom stereocenters. The number of carbonyl (C=O) groups is 3. The number of thioether (sulfide) groups is 1. The summed E-state index contributed by atoms with van der Waals surface area (Å²) in [6, 6.07) is 32.4. The summed E-state index contributed by atoms with van der Waals surface area (Å²) in [5.74, 6) is -0.807. The van der Waals surface area contributed by atoms with Gasteiger partial charge in [-0.1, -0.05) is 90.8 Å². The fraction of sp³-hybridized carbons (Fsp3) is 0.150. The number of fused-ring (bicyclic) bond motifs is 1. The molecule has 1 heterocycles. The van der Waals surface area contributed by atoms with Gasteiger partial charge in [-0.15, -0.1) is 23.1 Å². The number of amides is 3. The van der Waals surface area contributed by atoms with Crippen LogP contribution in [0.5, 0.6) is 0 Å². The van der Waals surface area contributed by atoms with E-state index in [9.17, 15) is 19.6 Å². The van der Waals surface area contributed by atoms with Crippen molar-refractivity contribution in [3.8, 4) is 6.07 Å². The van der Waals surface area contributed by atoms with E-state index in [4.69, 9.17) is 23.2 Å². The number of carbonyl (C=O) groups excluding carboxylic acids is 3. The van der Waals surface area contributed by atoms with Crippen LogP contribution < -0.4 is 16.0 Å². The van der Waals surface area contributed by atoms with Gasteiger partial charge < -0.3 is 16.0 Å². The third-order valence-electron chi connectivity index (χ3n) is 8.36. The van der Waals surface area contributed by atoms with Gasteiger partial charge in [-0.05, 0) is 84.8 Å². The summed E-state index contributed by atoms with van der Waals surface area (Å²) < 4.78 is 0. The van der Waals surface area contributed by atoms with E-state index < -0.39 is 17.1 Å². The number of benzene rings is 4. The number of nitrogens with zero attached hydrogens (tertiary/aromatic N) is 1. The summed E-state index contributed by atoms with van der Waals surface area (Å²) >= 11 is 15.6. The molecule has 4 aromatic carbocycles. The topological polar surface area (TPSA) is 111 Å². The highest BCUT2D eigenvalue weighted by molar-refractivity contribution is 8.00. The molecule has 0 radical (unpaired) electrons. The van der Waals surface area contributed by atoms with Gasteiger partial charge in [-0.25, -0.2) is 0 Å². The lowest BCUT2D eigenvalue weighted by molar-refractivity contribution is -0.116. The number of halogens is 2. The van der Waals surface area contributed by atoms with Crippen molar-refractivity contribution in [1.29, 1.82) is 5.26 Å². The van der Waals surface area contributed by atoms with Crippen molar-refractivity contribution in [3.63, 3.8) is 0 Å². The van der Waals surface area contributed by atoms with Gasteiger partial charge in [-0.3, -0.25) is 14.4 Å². The van der Waals surface area contributed by atoms with Crippen LogP contribution in [-0.4, -0.2) is 17.7 Å². The molecule has 0 saturated heterocycles. The molecule has 0 saturated carbocycles. The summed E-state index contributed by atoms with van der Waals surface area (Å²) in [4.78, 5) is 42.8. The summed E-state index contributed by atoms with van der Waals surface area (Å²) in [6.07, 6.45) is 4.19. The Bertz CT molecular complexity index is 2140. The monoisotopic (exact) mass is 750 g/mol. The minimum atomic E-state index is -0.662. The normalized spacial score (nSPS) is 14.5. The number of hydrogen-bond acceptors (Lipinski definition) is 6. The van der Waals surface area contributed by atoms with Crippen molar-refractivity contribution < 1.29 is 14.4 Å². The zero-order valence-corrected chi connectivity index (χ0v) is 30.6. The van der Waals surface area contributed by atoms with Crippen molar-refractivity contribution in [1.82, 2.24) is 5.32 Å². The molecule has 0 aliphatic heterocycles. The van der Waals surface area contributed by atoms with Gasteiger partial charge in [0, 0.05) is 36.6 Å². The van der Waals surface area contributed by atoms with Crippen molar-refractivity contribution in [2.75, 3.05) is 10.6 Å². The molecule has 3 amide bonds. The Morgan fingerprint density at radius 1 is 0.922 bits per heavy atom. The summed E-state index contributed by atoms with van der Waals surface area (Å²) in [6.45, 7) is 2.21. The number of rotatable bonds is 10. The predicted molar refractivity (Wildman–Crippen MR) is 207 cm³/mol. The van der Waals surface area contributed by atoms with Crippen LogP contribution in [-0.2, 0) is 22.4 Å². The van der Waals surface area contributed by atoms with Gasteiger partial charge in [0.1, 0.15) is 22.0 Å². The molecular formula is C40H32Cl2N4O3S2. The van der Waals surface area contributed by atoms with E-state index in [1.807, 2.05) is 36.4 Å². The number of anilines is 2. The Balaban J connectivity index is 1.25. The smallest absolute Gasteiger partial charge is 0.272 e. The molecule has 11 heteroatoms. The minimum Gasteiger partial charge on any atom is -0.321 e. The lowest BCUT2D eigenvalue weighted by Crippen LogP contribution is -2.30. The molecule has 6 rings (SSSR count). The van der Waals surface area contributed by atoms with Crippen LogP contribution in [0.15, 0.2) is 114 Å². The number of hydrogen-bond donors (Lipinski definition) is 3. The Kier molecular flexibility index (Phi) is 11.6. The summed E-state index contributed by atoms with van der Waals surface area (Å²) in [5.41, 5.74) is 3.50. The molecule has 256 valence electrons. The highest BCUT2D eigenvalue weighted by atomic mass is 35.5. The lowest BCUT2D eigenvalue weighted by Gasteiger charge is -2.18. The van der Waals surface area contributed by atoms with Crippen LogP contribution in [0.1, 0.15) is 56.1 Å². The van der Waals surface area contributed by atoms with Gasteiger partial charge in [-0.2, -0.15) is 5.26 Å². The van der Waals surface area contributed by atoms with Crippen molar-refractivity contribution in [2.45, 2.75) is 36.3 Å². The third-order valence-corrected chi connectivity index (χ3v) is 11.4. The second-order valence-electron chi connectivity index (χ2n) is 12.1. The van der Waals surface area contributed by atoms with Crippen LogP contribution in [0.2, 0.25) is 10.0 Å². The van der Waals surface area contributed by atoms with Gasteiger partial charge in [0.2, 0.25) is 5.91 Å². The molecule has 1 aliphatic carbocycles. The average molecular weight is 752 g/mol. The maximum atomic E-state index is 14.0. The Morgan fingerprint density at radius 3 is 2.31 bits per heavy atom. The molecule has 51 heavy (non-hydrogen) atoms. The molecule has 2 unspecified atom stereocenters. The van der Waals surface area contributed by atoms with Crippen molar-refractivity contribution in [3.05, 3.63) is 152 Å². The SMILES string of the molecule is CC1CCc2c(sc(NC(=O)C(Sc3cccc(NC(=O)/C(=C\c4c(Cl)cccc4Cl)NC(=O)c4ccccc4)c3)c3ccccc3)c2C#N)C1. The quantitative estimate of drug-likeness (QED) is 0.0972. The Hall–Kier alpha value is -4.85. The van der Waals surface area contributed by atoms with Crippen molar-refractivity contribution >= 4 is 80.8 Å². The Labute approximate surface area is 314 Å². The zero-order valence-electron chi connectivity index (χ0n) is 27.4. The molecule has 1 aromatic heterocycles. The van der Waals surface area contributed by atoms with Crippen LogP contribution in [0.3, 0.4) is 0 Å². The highest BCUT2D eigenvalue weighted by Crippen LogP contribution is 2.42. The standard InChI is InChI=1S/C40H32Cl2N4O3S2/c1-24-18-19-29-31(23-43)40(51-35(29)20-24)46-39(49)36(25-10-4-2-5-11-25)50-28-15-8-14-27(21-28)44-38(48)34(22-30-32(41)16-9-17-33(30)42)45-37(47)26-12-6-3-7-13-26/h2-17,21-22,24,36H,18-20H2,1H3,(H,44,48)(H,45,47)(H,46,49)/b34-22+. The summed E-state index contributed by atoms with van der Waals surface area (Å²) in [5, 5.41) is 19.2. The van der Waals surface area contributed by atoms with E-state index in [0.29, 0.717) is 48.2 Å². The number of nitrogens with one attached hydrogen (secondary N) is 3. The number of thiophene rings is 1. The second-order valence-corrected chi connectivity index (χ2v) is 15.2. The van der Waals surface area contributed by atoms with E-state index in [0.717, 1.165) is 35.3 Å². The van der Waals surface area contributed by atoms with Gasteiger partial charge in [0.25, 0.3) is 11.8 Å². The fourth-order valence-corrected chi connectivity index (χ4v) is 8.71. The average Bonchev–Trinajstić information content (AvgIpc) is 3.48. The van der Waals surface area contributed by atoms with Gasteiger partial charge >= 0.3 is 0 Å². The first-order valence-electron chi connectivity index (χ1n) is 16.2. The molecule has 3 N–H and O–H groups in total. The first-order valence-corrected chi connectivity index (χ1v) is 18.7. The van der Waals surface area contributed by atoms with Crippen LogP contribution in [0.25, 0.3) is 6.08 Å². The number of nitriles is 1. The van der Waals surface area contributed by atoms with E-state index in [-0.39, 0.29) is 11.6 Å². The van der Waals surface area contributed by atoms with E-state index in [1.165, 1.54) is 29.2 Å². The predicted octanol–water partition coefficient (Wildman–Crippen LogP) is 9.93. The Morgan fingerprint density at radius 2 is 1.61 bits per heavy atom. The molecule has 5 aromatic rings. The molecule has 1 aliphatic rings. The third kappa shape index (κ3) is 8.73.